The van der Waals surface area contributed by atoms with Crippen LogP contribution in [0.1, 0.15) is 42.4 Å². The summed E-state index contributed by atoms with van der Waals surface area (Å²) in [5.41, 5.74) is 1.63. The van der Waals surface area contributed by atoms with Gasteiger partial charge in [-0.15, -0.1) is 11.3 Å². The molecule has 0 bridgehead atoms. The van der Waals surface area contributed by atoms with Crippen molar-refractivity contribution < 1.29 is 22.3 Å². The normalized spacial score (nSPS) is 22.9. The van der Waals surface area contributed by atoms with Gasteiger partial charge in [0, 0.05) is 43.8 Å². The summed E-state index contributed by atoms with van der Waals surface area (Å²) in [6, 6.07) is 15.7. The van der Waals surface area contributed by atoms with Crippen molar-refractivity contribution in [2.45, 2.75) is 37.5 Å². The fourth-order valence-corrected chi connectivity index (χ4v) is 8.35. The van der Waals surface area contributed by atoms with Gasteiger partial charge in [-0.3, -0.25) is 4.79 Å². The van der Waals surface area contributed by atoms with Crippen LogP contribution in [-0.4, -0.2) is 64.6 Å². The van der Waals surface area contributed by atoms with E-state index in [1.165, 1.54) is 17.4 Å². The van der Waals surface area contributed by atoms with E-state index in [-0.39, 0.29) is 33.4 Å². The predicted molar refractivity (Wildman–Crippen MR) is 160 cm³/mol. The quantitative estimate of drug-likeness (QED) is 0.366. The largest absolute Gasteiger partial charge is 0.378 e. The molecule has 41 heavy (non-hydrogen) atoms. The van der Waals surface area contributed by atoms with Crippen molar-refractivity contribution in [3.63, 3.8) is 0 Å². The van der Waals surface area contributed by atoms with E-state index in [4.69, 9.17) is 4.74 Å². The molecule has 3 aliphatic rings. The molecule has 1 aliphatic carbocycles. The number of hydrogen-bond acceptors (Lipinski definition) is 6. The first-order chi connectivity index (χ1) is 19.5. The molecule has 1 saturated carbocycles. The first kappa shape index (κ1) is 28.3. The Balaban J connectivity index is 1.25. The molecule has 3 aromatic rings. The van der Waals surface area contributed by atoms with E-state index >= 15 is 4.39 Å². The topological polar surface area (TPSA) is 70.2 Å². The van der Waals surface area contributed by atoms with E-state index in [0.717, 1.165) is 12.0 Å². The molecule has 3 fully saturated rings. The minimum Gasteiger partial charge on any atom is -0.378 e. The van der Waals surface area contributed by atoms with Gasteiger partial charge in [0.1, 0.15) is 5.82 Å². The summed E-state index contributed by atoms with van der Waals surface area (Å²) < 4.78 is 49.6. The van der Waals surface area contributed by atoms with Crippen LogP contribution in [0, 0.1) is 17.2 Å². The predicted octanol–water partition coefficient (Wildman–Crippen LogP) is 5.38. The smallest absolute Gasteiger partial charge is 0.268 e. The van der Waals surface area contributed by atoms with Gasteiger partial charge in [0.15, 0.2) is 0 Å². The van der Waals surface area contributed by atoms with Gasteiger partial charge in [-0.05, 0) is 65.1 Å². The lowest BCUT2D eigenvalue weighted by atomic mass is 9.87. The first-order valence-corrected chi connectivity index (χ1v) is 16.4. The van der Waals surface area contributed by atoms with E-state index in [0.29, 0.717) is 62.2 Å². The second-order valence-corrected chi connectivity index (χ2v) is 15.3. The van der Waals surface area contributed by atoms with Gasteiger partial charge in [-0.2, -0.15) is 4.31 Å². The summed E-state index contributed by atoms with van der Waals surface area (Å²) >= 11 is 1.35. The van der Waals surface area contributed by atoms with Crippen LogP contribution in [0.5, 0.6) is 0 Å². The Labute approximate surface area is 245 Å². The Morgan fingerprint density at radius 3 is 2.49 bits per heavy atom. The fraction of sp³-hybridized carbons (Fsp3) is 0.452. The number of piperidine rings is 1. The number of carbonyl (C=O) groups is 1. The van der Waals surface area contributed by atoms with Crippen molar-refractivity contribution in [2.24, 2.45) is 11.3 Å². The SMILES string of the molecule is CC(C)(C)c1ccc(S(=O)(=O)N2CC3CC3(CN(C(=O)c3cccs3)c3ccc(N4CCOCC4)c(F)c3)C2)cc1. The zero-order valence-electron chi connectivity index (χ0n) is 23.7. The molecule has 2 aromatic carbocycles. The Hall–Kier alpha value is -2.79. The first-order valence-electron chi connectivity index (χ1n) is 14.1. The molecule has 2 aliphatic heterocycles. The molecule has 10 heteroatoms. The van der Waals surface area contributed by atoms with Crippen LogP contribution in [0.4, 0.5) is 15.8 Å². The van der Waals surface area contributed by atoms with Gasteiger partial charge < -0.3 is 14.5 Å². The Morgan fingerprint density at radius 1 is 1.12 bits per heavy atom. The van der Waals surface area contributed by atoms with Crippen LogP contribution >= 0.6 is 11.3 Å². The maximum Gasteiger partial charge on any atom is 0.268 e. The maximum absolute atomic E-state index is 15.4. The number of morpholine rings is 1. The molecule has 1 amide bonds. The van der Waals surface area contributed by atoms with Gasteiger partial charge in [-0.25, -0.2) is 12.8 Å². The Kier molecular flexibility index (Phi) is 7.25. The van der Waals surface area contributed by atoms with Gasteiger partial charge in [0.05, 0.1) is 28.7 Å². The Morgan fingerprint density at radius 2 is 1.85 bits per heavy atom. The van der Waals surface area contributed by atoms with Gasteiger partial charge in [0.25, 0.3) is 5.91 Å². The zero-order chi connectivity index (χ0) is 29.0. The van der Waals surface area contributed by atoms with E-state index in [9.17, 15) is 13.2 Å². The number of hydrogen-bond donors (Lipinski definition) is 0. The van der Waals surface area contributed by atoms with E-state index in [1.807, 2.05) is 28.5 Å². The number of sulfonamides is 1. The molecule has 0 N–H and O–H groups in total. The standard InChI is InChI=1S/C31H36FN3O4S2/c1-30(2,3)22-6-9-25(10-7-22)41(37,38)34-19-23-18-31(23,20-34)21-35(29(36)28-5-4-16-40-28)24-8-11-27(26(32)17-24)33-12-14-39-15-13-33/h4-11,16-17,23H,12-15,18-21H2,1-3H3. The van der Waals surface area contributed by atoms with Crippen molar-refractivity contribution in [2.75, 3.05) is 55.7 Å². The monoisotopic (exact) mass is 597 g/mol. The summed E-state index contributed by atoms with van der Waals surface area (Å²) in [7, 11) is -3.67. The van der Waals surface area contributed by atoms with Crippen molar-refractivity contribution >= 4 is 38.6 Å². The number of nitrogens with zero attached hydrogens (tertiary/aromatic N) is 3. The summed E-state index contributed by atoms with van der Waals surface area (Å²) in [4.78, 5) is 18.2. The number of benzene rings is 2. The molecular formula is C31H36FN3O4S2. The number of anilines is 2. The third kappa shape index (κ3) is 5.43. The molecule has 3 heterocycles. The minimum absolute atomic E-state index is 0.0694. The van der Waals surface area contributed by atoms with E-state index < -0.39 is 10.0 Å². The van der Waals surface area contributed by atoms with Crippen LogP contribution in [0.15, 0.2) is 64.9 Å². The van der Waals surface area contributed by atoms with E-state index in [2.05, 4.69) is 20.8 Å². The van der Waals surface area contributed by atoms with Gasteiger partial charge >= 0.3 is 0 Å². The summed E-state index contributed by atoms with van der Waals surface area (Å²) in [6.45, 7) is 9.71. The average molecular weight is 598 g/mol. The molecule has 2 unspecified atom stereocenters. The van der Waals surface area contributed by atoms with Crippen molar-refractivity contribution in [1.82, 2.24) is 4.31 Å². The highest BCUT2D eigenvalue weighted by Gasteiger charge is 2.62. The van der Waals surface area contributed by atoms with Crippen molar-refractivity contribution in [3.8, 4) is 0 Å². The number of rotatable bonds is 7. The highest BCUT2D eigenvalue weighted by Crippen LogP contribution is 2.59. The second-order valence-electron chi connectivity index (χ2n) is 12.4. The molecule has 6 rings (SSSR count). The number of amides is 1. The highest BCUT2D eigenvalue weighted by molar-refractivity contribution is 7.89. The molecule has 7 nitrogen and oxygen atoms in total. The summed E-state index contributed by atoms with van der Waals surface area (Å²) in [6.07, 6.45) is 0.838. The fourth-order valence-electron chi connectivity index (χ4n) is 6.10. The highest BCUT2D eigenvalue weighted by atomic mass is 32.2. The lowest BCUT2D eigenvalue weighted by Gasteiger charge is -2.31. The molecule has 0 spiro atoms. The second kappa shape index (κ2) is 10.5. The molecular weight excluding hydrogens is 561 g/mol. The summed E-state index contributed by atoms with van der Waals surface area (Å²) in [5.74, 6) is -0.424. The van der Waals surface area contributed by atoms with E-state index in [1.54, 1.807) is 39.5 Å². The zero-order valence-corrected chi connectivity index (χ0v) is 25.3. The number of thiophene rings is 1. The number of carbonyl (C=O) groups excluding carboxylic acids is 1. The number of fused-ring (bicyclic) bond motifs is 1. The van der Waals surface area contributed by atoms with Crippen LogP contribution in [0.25, 0.3) is 0 Å². The molecule has 2 atom stereocenters. The van der Waals surface area contributed by atoms with Gasteiger partial charge in [0.2, 0.25) is 10.0 Å². The molecule has 0 radical (unpaired) electrons. The van der Waals surface area contributed by atoms with Crippen LogP contribution in [-0.2, 0) is 20.2 Å². The average Bonchev–Trinajstić information content (AvgIpc) is 3.28. The van der Waals surface area contributed by atoms with Crippen molar-refractivity contribution in [3.05, 3.63) is 76.2 Å². The Bertz CT molecular complexity index is 1530. The van der Waals surface area contributed by atoms with Crippen LogP contribution in [0.3, 0.4) is 0 Å². The molecule has 1 aromatic heterocycles. The maximum atomic E-state index is 15.4. The van der Waals surface area contributed by atoms with Gasteiger partial charge in [-0.1, -0.05) is 39.0 Å². The lowest BCUT2D eigenvalue weighted by Crippen LogP contribution is -2.40. The third-order valence-electron chi connectivity index (χ3n) is 8.68. The van der Waals surface area contributed by atoms with Crippen LogP contribution in [0.2, 0.25) is 0 Å². The molecule has 2 saturated heterocycles. The third-order valence-corrected chi connectivity index (χ3v) is 11.4. The van der Waals surface area contributed by atoms with Crippen LogP contribution < -0.4 is 9.80 Å². The molecule has 218 valence electrons. The number of ether oxygens (including phenoxy) is 1. The van der Waals surface area contributed by atoms with Crippen molar-refractivity contribution in [1.29, 1.82) is 0 Å². The lowest BCUT2D eigenvalue weighted by molar-refractivity contribution is 0.0985. The summed E-state index contributed by atoms with van der Waals surface area (Å²) in [5, 5.41) is 1.85. The minimum atomic E-state index is -3.67. The number of halogens is 1.